The maximum absolute atomic E-state index is 14.4. The second kappa shape index (κ2) is 28.4. The van der Waals surface area contributed by atoms with Gasteiger partial charge in [-0.15, -0.1) is 23.5 Å². The number of hydrogen-bond donors (Lipinski definition) is 10. The van der Waals surface area contributed by atoms with Gasteiger partial charge in [-0.05, 0) is 76.3 Å². The number of anilines is 4. The highest BCUT2D eigenvalue weighted by atomic mass is 32.2. The summed E-state index contributed by atoms with van der Waals surface area (Å²) in [5, 5.41) is 9.99. The summed E-state index contributed by atoms with van der Waals surface area (Å²) in [6.45, 7) is 5.33. The third kappa shape index (κ3) is 20.3. The second-order valence-electron chi connectivity index (χ2n) is 14.4. The van der Waals surface area contributed by atoms with Crippen LogP contribution in [0.1, 0.15) is 83.3 Å². The quantitative estimate of drug-likeness (QED) is 0.00950. The summed E-state index contributed by atoms with van der Waals surface area (Å²) in [5.74, 6) is -3.19. The fraction of sp³-hybridized carbons (Fsp3) is 0.452. The number of benzene rings is 2. The first-order chi connectivity index (χ1) is 31.5. The highest BCUT2D eigenvalue weighted by molar-refractivity contribution is 7.99. The number of guanidine groups is 2. The molecule has 0 bridgehead atoms. The van der Waals surface area contributed by atoms with Crippen molar-refractivity contribution in [1.29, 1.82) is 0 Å². The number of unbranched alkanes of at least 4 members (excludes halogenated alkanes) is 3. The van der Waals surface area contributed by atoms with E-state index in [0.717, 1.165) is 41.7 Å². The number of nitrogens with two attached hydrogens (primary N) is 6. The lowest BCUT2D eigenvalue weighted by atomic mass is 10.0. The third-order valence-electron chi connectivity index (χ3n) is 9.08. The number of nitrogens with one attached hydrogen (secondary N) is 4. The van der Waals surface area contributed by atoms with Crippen LogP contribution in [0.3, 0.4) is 0 Å². The maximum Gasteiger partial charge on any atom is 0.416 e. The number of hydrogen-bond acceptors (Lipinski definition) is 11. The Morgan fingerprint density at radius 2 is 1.04 bits per heavy atom. The van der Waals surface area contributed by atoms with Gasteiger partial charge in [0, 0.05) is 62.3 Å². The Balaban J connectivity index is 2.66. The molecule has 0 aromatic heterocycles. The summed E-state index contributed by atoms with van der Waals surface area (Å²) in [6, 6.07) is 2.86. The van der Waals surface area contributed by atoms with E-state index in [9.17, 15) is 45.5 Å². The van der Waals surface area contributed by atoms with Gasteiger partial charge in [-0.3, -0.25) is 34.2 Å². The van der Waals surface area contributed by atoms with Crippen LogP contribution in [0.5, 0.6) is 0 Å². The Bertz CT molecular complexity index is 2190. The fourth-order valence-electron chi connectivity index (χ4n) is 5.79. The lowest BCUT2D eigenvalue weighted by Crippen LogP contribution is -2.23. The Labute approximate surface area is 393 Å². The molecule has 25 heteroatoms. The van der Waals surface area contributed by atoms with Crippen LogP contribution in [0.15, 0.2) is 72.0 Å². The van der Waals surface area contributed by atoms with E-state index in [1.807, 2.05) is 0 Å². The van der Waals surface area contributed by atoms with Gasteiger partial charge in [0.25, 0.3) is 11.8 Å². The van der Waals surface area contributed by atoms with E-state index < -0.39 is 52.8 Å². The van der Waals surface area contributed by atoms with Crippen molar-refractivity contribution in [3.05, 3.63) is 58.3 Å². The molecule has 0 aliphatic heterocycles. The Morgan fingerprint density at radius 1 is 0.642 bits per heavy atom. The standard InChI is InChI=1S/C42H59F6N13O4S2/c1-4-24(3)27(37(64)60-30-21-25(41(43,44)45)19-28(35(30)66-17-13-49)58-33(62)11-7-6-9-15-56-39(51)52)23-32(55-5-2)38(65)61-31-22-26(42(46,47)48)20-29(36(31)67-18-14-50)59-34(63)12-8-10-16-57-40(53)54/h5,19-23H,4,6-18,49-50H2,1-3H3,(H,58,62)(H,59,63)(H,60,64)(H,61,65)(H4,51,52,56)(H4,53,54,57). The summed E-state index contributed by atoms with van der Waals surface area (Å²) in [5.41, 5.74) is 28.8. The normalized spacial score (nSPS) is 12.3. The maximum atomic E-state index is 14.4. The topological polar surface area (TPSA) is 310 Å². The number of carbonyl (C=O) groups is 4. The first-order valence-electron chi connectivity index (χ1n) is 21.0. The minimum atomic E-state index is -4.94. The molecule has 4 amide bonds. The van der Waals surface area contributed by atoms with Crippen LogP contribution < -0.4 is 55.7 Å². The molecular weight excluding hydrogens is 929 g/mol. The first-order valence-corrected chi connectivity index (χ1v) is 22.9. The van der Waals surface area contributed by atoms with E-state index in [-0.39, 0.29) is 100 Å². The van der Waals surface area contributed by atoms with Crippen LogP contribution in [0.25, 0.3) is 0 Å². The highest BCUT2D eigenvalue weighted by Crippen LogP contribution is 2.43. The van der Waals surface area contributed by atoms with Gasteiger partial charge in [0.2, 0.25) is 11.8 Å². The molecule has 16 N–H and O–H groups in total. The van der Waals surface area contributed by atoms with Gasteiger partial charge >= 0.3 is 12.4 Å². The van der Waals surface area contributed by atoms with E-state index in [1.165, 1.54) is 20.1 Å². The summed E-state index contributed by atoms with van der Waals surface area (Å²) >= 11 is 1.94. The molecule has 0 aliphatic rings. The second-order valence-corrected chi connectivity index (χ2v) is 16.6. The number of allylic oxidation sites excluding steroid dienone is 1. The molecule has 370 valence electrons. The lowest BCUT2D eigenvalue weighted by Gasteiger charge is -2.20. The SMILES string of the molecule is CC=NC(=CC(C(=O)Nc1cc(C(F)(F)F)cc(NC(=O)CCCCCN=C(N)N)c1SCCN)=C(C)CC)C(=O)Nc1cc(C(F)(F)F)cc(NC(=O)CCCCN=C(N)N)c1SCCN. The van der Waals surface area contributed by atoms with Gasteiger partial charge in [-0.25, -0.2) is 0 Å². The lowest BCUT2D eigenvalue weighted by molar-refractivity contribution is -0.138. The predicted octanol–water partition coefficient (Wildman–Crippen LogP) is 6.26. The van der Waals surface area contributed by atoms with Crippen molar-refractivity contribution in [2.45, 2.75) is 94.3 Å². The Morgan fingerprint density at radius 3 is 1.43 bits per heavy atom. The molecule has 0 fully saturated rings. The molecule has 0 heterocycles. The average Bonchev–Trinajstić information content (AvgIpc) is 3.24. The molecule has 2 rings (SSSR count). The zero-order valence-corrected chi connectivity index (χ0v) is 39.0. The van der Waals surface area contributed by atoms with Gasteiger partial charge in [-0.1, -0.05) is 18.9 Å². The molecule has 0 spiro atoms. The monoisotopic (exact) mass is 987 g/mol. The van der Waals surface area contributed by atoms with E-state index in [1.54, 1.807) is 6.92 Å². The largest absolute Gasteiger partial charge is 0.416 e. The molecule has 0 saturated carbocycles. The number of halogens is 6. The van der Waals surface area contributed by atoms with Crippen molar-refractivity contribution < 1.29 is 45.5 Å². The van der Waals surface area contributed by atoms with Gasteiger partial charge in [0.05, 0.1) is 43.7 Å². The molecule has 0 saturated heterocycles. The molecule has 0 radical (unpaired) electrons. The molecule has 2 aromatic carbocycles. The molecule has 17 nitrogen and oxygen atoms in total. The third-order valence-corrected chi connectivity index (χ3v) is 11.4. The number of alkyl halides is 6. The van der Waals surface area contributed by atoms with Crippen molar-refractivity contribution >= 4 is 88.0 Å². The van der Waals surface area contributed by atoms with E-state index in [4.69, 9.17) is 34.4 Å². The number of amides is 4. The van der Waals surface area contributed by atoms with Gasteiger partial charge < -0.3 is 55.7 Å². The summed E-state index contributed by atoms with van der Waals surface area (Å²) in [6.07, 6.45) is -5.42. The summed E-state index contributed by atoms with van der Waals surface area (Å²) < 4.78 is 86.0. The number of thioether (sulfide) groups is 2. The molecule has 67 heavy (non-hydrogen) atoms. The van der Waals surface area contributed by atoms with E-state index in [0.29, 0.717) is 56.4 Å². The number of rotatable bonds is 26. The predicted molar refractivity (Wildman–Crippen MR) is 256 cm³/mol. The Hall–Kier alpha value is -5.79. The van der Waals surface area contributed by atoms with Crippen LogP contribution in [0.4, 0.5) is 49.1 Å². The molecule has 0 unspecified atom stereocenters. The molecule has 0 aliphatic carbocycles. The van der Waals surface area contributed by atoms with Crippen LogP contribution in [-0.2, 0) is 31.5 Å². The van der Waals surface area contributed by atoms with E-state index >= 15 is 0 Å². The van der Waals surface area contributed by atoms with Crippen LogP contribution in [0.2, 0.25) is 0 Å². The molecule has 0 atom stereocenters. The van der Waals surface area contributed by atoms with Crippen LogP contribution in [-0.4, -0.2) is 79.4 Å². The van der Waals surface area contributed by atoms with Crippen molar-refractivity contribution in [2.24, 2.45) is 49.4 Å². The zero-order valence-electron chi connectivity index (χ0n) is 37.4. The fourth-order valence-corrected chi connectivity index (χ4v) is 7.49. The highest BCUT2D eigenvalue weighted by Gasteiger charge is 2.35. The minimum absolute atomic E-state index is 0.0385. The molecule has 2 aromatic rings. The van der Waals surface area contributed by atoms with Gasteiger partial charge in [-0.2, -0.15) is 26.3 Å². The minimum Gasteiger partial charge on any atom is -0.370 e. The van der Waals surface area contributed by atoms with Gasteiger partial charge in [0.15, 0.2) is 11.9 Å². The smallest absolute Gasteiger partial charge is 0.370 e. The number of aliphatic imine (C=N–C) groups is 3. The number of carbonyl (C=O) groups excluding carboxylic acids is 4. The van der Waals surface area contributed by atoms with Crippen LogP contribution in [0, 0.1) is 0 Å². The van der Waals surface area contributed by atoms with E-state index in [2.05, 4.69) is 36.2 Å². The Kier molecular flexibility index (Phi) is 24.3. The van der Waals surface area contributed by atoms with Crippen LogP contribution >= 0.6 is 23.5 Å². The van der Waals surface area contributed by atoms with Crippen molar-refractivity contribution in [3.8, 4) is 0 Å². The van der Waals surface area contributed by atoms with Crippen molar-refractivity contribution in [2.75, 3.05) is 59.0 Å². The van der Waals surface area contributed by atoms with Gasteiger partial charge in [0.1, 0.15) is 5.70 Å². The molecular formula is C42H59F6N13O4S2. The first kappa shape index (κ1) is 57.3. The number of nitrogens with zero attached hydrogens (tertiary/aromatic N) is 3. The van der Waals surface area contributed by atoms with Crippen molar-refractivity contribution in [1.82, 2.24) is 0 Å². The average molecular weight is 988 g/mol. The summed E-state index contributed by atoms with van der Waals surface area (Å²) in [7, 11) is 0. The van der Waals surface area contributed by atoms with Crippen molar-refractivity contribution in [3.63, 3.8) is 0 Å². The summed E-state index contributed by atoms with van der Waals surface area (Å²) in [4.78, 5) is 66.2. The zero-order chi connectivity index (χ0) is 50.3.